The number of benzene rings is 1. The molecule has 3 heteroatoms. The third-order valence-corrected chi connectivity index (χ3v) is 2.91. The number of rotatable bonds is 0. The molecule has 0 N–H and O–H groups in total. The summed E-state index contributed by atoms with van der Waals surface area (Å²) in [6.07, 6.45) is 0. The van der Waals surface area contributed by atoms with Gasteiger partial charge in [-0.2, -0.15) is 4.98 Å². The fraction of sp³-hybridized carbons (Fsp3) is 0.333. The van der Waals surface area contributed by atoms with Gasteiger partial charge in [0.05, 0.1) is 11.2 Å². The molecule has 0 unspecified atom stereocenters. The van der Waals surface area contributed by atoms with Gasteiger partial charge in [0, 0.05) is 12.4 Å². The van der Waals surface area contributed by atoms with Crippen molar-refractivity contribution in [1.82, 2.24) is 9.55 Å². The van der Waals surface area contributed by atoms with Gasteiger partial charge in [0.1, 0.15) is 0 Å². The molecule has 0 radical (unpaired) electrons. The Balaban J connectivity index is 3.04. The first-order valence-electron chi connectivity index (χ1n) is 4.95. The van der Waals surface area contributed by atoms with Gasteiger partial charge in [-0.15, -0.1) is 0 Å². The molecule has 0 spiro atoms. The second-order valence-electron chi connectivity index (χ2n) is 3.99. The first-order valence-corrected chi connectivity index (χ1v) is 4.95. The first-order chi connectivity index (χ1) is 7.00. The zero-order valence-electron chi connectivity index (χ0n) is 9.46. The summed E-state index contributed by atoms with van der Waals surface area (Å²) in [5, 5.41) is 1.06. The molecule has 1 aromatic heterocycles. The van der Waals surface area contributed by atoms with E-state index in [1.807, 2.05) is 13.0 Å². The summed E-state index contributed by atoms with van der Waals surface area (Å²) in [5.41, 5.74) is 3.99. The Morgan fingerprint density at radius 1 is 1.13 bits per heavy atom. The maximum atomic E-state index is 11.5. The van der Waals surface area contributed by atoms with E-state index < -0.39 is 0 Å². The Morgan fingerprint density at radius 3 is 2.40 bits per heavy atom. The van der Waals surface area contributed by atoms with Gasteiger partial charge in [-0.25, -0.2) is 4.79 Å². The Kier molecular flexibility index (Phi) is 2.11. The third kappa shape index (κ3) is 1.44. The summed E-state index contributed by atoms with van der Waals surface area (Å²) < 4.78 is 1.59. The molecule has 0 saturated carbocycles. The largest absolute Gasteiger partial charge is 0.348 e. The van der Waals surface area contributed by atoms with Gasteiger partial charge in [0.25, 0.3) is 0 Å². The molecular weight excluding hydrogens is 188 g/mol. The zero-order chi connectivity index (χ0) is 11.2. The lowest BCUT2D eigenvalue weighted by molar-refractivity contribution is 0.841. The topological polar surface area (TPSA) is 34.9 Å². The number of aromatic nitrogens is 2. The SMILES string of the molecule is Cc1cc2c(C)nc(=O)n(C)c2cc1C. The Labute approximate surface area is 88.4 Å². The smallest absolute Gasteiger partial charge is 0.295 e. The molecule has 2 rings (SSSR count). The third-order valence-electron chi connectivity index (χ3n) is 2.91. The minimum Gasteiger partial charge on any atom is -0.295 e. The van der Waals surface area contributed by atoms with Crippen LogP contribution in [0.25, 0.3) is 10.9 Å². The van der Waals surface area contributed by atoms with E-state index in [0.29, 0.717) is 0 Å². The van der Waals surface area contributed by atoms with E-state index in [2.05, 4.69) is 24.9 Å². The summed E-state index contributed by atoms with van der Waals surface area (Å²) >= 11 is 0. The van der Waals surface area contributed by atoms with Crippen molar-refractivity contribution in [2.45, 2.75) is 20.8 Å². The summed E-state index contributed by atoms with van der Waals surface area (Å²) in [6, 6.07) is 4.13. The van der Waals surface area contributed by atoms with E-state index >= 15 is 0 Å². The molecule has 0 aliphatic heterocycles. The van der Waals surface area contributed by atoms with Crippen LogP contribution in [-0.2, 0) is 7.05 Å². The van der Waals surface area contributed by atoms with Crippen LogP contribution in [0.15, 0.2) is 16.9 Å². The number of hydrogen-bond acceptors (Lipinski definition) is 2. The van der Waals surface area contributed by atoms with E-state index in [-0.39, 0.29) is 5.69 Å². The molecule has 15 heavy (non-hydrogen) atoms. The molecule has 2 aromatic rings. The highest BCUT2D eigenvalue weighted by Gasteiger charge is 2.06. The fourth-order valence-corrected chi connectivity index (χ4v) is 1.75. The minimum absolute atomic E-state index is 0.191. The molecule has 0 fully saturated rings. The van der Waals surface area contributed by atoms with Crippen LogP contribution in [0.1, 0.15) is 16.8 Å². The van der Waals surface area contributed by atoms with Crippen LogP contribution in [0.4, 0.5) is 0 Å². The Bertz CT molecular complexity index is 597. The van der Waals surface area contributed by atoms with E-state index in [4.69, 9.17) is 0 Å². The van der Waals surface area contributed by atoms with E-state index in [0.717, 1.165) is 16.6 Å². The monoisotopic (exact) mass is 202 g/mol. The lowest BCUT2D eigenvalue weighted by Crippen LogP contribution is -2.21. The van der Waals surface area contributed by atoms with Gasteiger partial charge in [0.15, 0.2) is 0 Å². The molecule has 0 bridgehead atoms. The van der Waals surface area contributed by atoms with Crippen LogP contribution < -0.4 is 5.69 Å². The van der Waals surface area contributed by atoms with Crippen molar-refractivity contribution in [2.24, 2.45) is 7.05 Å². The molecule has 0 atom stereocenters. The zero-order valence-corrected chi connectivity index (χ0v) is 9.46. The summed E-state index contributed by atoms with van der Waals surface area (Å²) in [6.45, 7) is 5.99. The number of nitrogens with zero attached hydrogens (tertiary/aromatic N) is 2. The standard InChI is InChI=1S/C12H14N2O/c1-7-5-10-9(3)13-12(15)14(4)11(10)6-8(7)2/h5-6H,1-4H3. The predicted molar refractivity (Wildman–Crippen MR) is 61.2 cm³/mol. The Morgan fingerprint density at radius 2 is 1.73 bits per heavy atom. The van der Waals surface area contributed by atoms with Crippen molar-refractivity contribution in [1.29, 1.82) is 0 Å². The van der Waals surface area contributed by atoms with Gasteiger partial charge in [0.2, 0.25) is 0 Å². The van der Waals surface area contributed by atoms with Crippen molar-refractivity contribution in [3.05, 3.63) is 39.4 Å². The van der Waals surface area contributed by atoms with Crippen LogP contribution in [0, 0.1) is 20.8 Å². The van der Waals surface area contributed by atoms with E-state index in [1.54, 1.807) is 11.6 Å². The number of aryl methyl sites for hydroxylation is 4. The highest BCUT2D eigenvalue weighted by atomic mass is 16.1. The van der Waals surface area contributed by atoms with Gasteiger partial charge in [-0.1, -0.05) is 0 Å². The lowest BCUT2D eigenvalue weighted by atomic mass is 10.1. The summed E-state index contributed by atoms with van der Waals surface area (Å²) in [5.74, 6) is 0. The molecule has 0 aliphatic carbocycles. The maximum Gasteiger partial charge on any atom is 0.348 e. The first kappa shape index (κ1) is 9.90. The van der Waals surface area contributed by atoms with Gasteiger partial charge < -0.3 is 0 Å². The number of fused-ring (bicyclic) bond motifs is 1. The van der Waals surface area contributed by atoms with Crippen LogP contribution >= 0.6 is 0 Å². The van der Waals surface area contributed by atoms with E-state index in [9.17, 15) is 4.79 Å². The summed E-state index contributed by atoms with van der Waals surface area (Å²) in [7, 11) is 1.76. The van der Waals surface area contributed by atoms with Gasteiger partial charge in [-0.05, 0) is 44.0 Å². The number of hydrogen-bond donors (Lipinski definition) is 0. The van der Waals surface area contributed by atoms with Crippen molar-refractivity contribution >= 4 is 10.9 Å². The van der Waals surface area contributed by atoms with E-state index in [1.165, 1.54) is 11.1 Å². The average Bonchev–Trinajstić information content (AvgIpc) is 2.18. The fourth-order valence-electron chi connectivity index (χ4n) is 1.75. The quantitative estimate of drug-likeness (QED) is 0.653. The molecule has 0 saturated heterocycles. The van der Waals surface area contributed by atoms with Crippen molar-refractivity contribution in [2.75, 3.05) is 0 Å². The second kappa shape index (κ2) is 3.19. The Hall–Kier alpha value is -1.64. The molecule has 3 nitrogen and oxygen atoms in total. The van der Waals surface area contributed by atoms with Crippen LogP contribution in [0.2, 0.25) is 0 Å². The average molecular weight is 202 g/mol. The lowest BCUT2D eigenvalue weighted by Gasteiger charge is -2.09. The summed E-state index contributed by atoms with van der Waals surface area (Å²) in [4.78, 5) is 15.5. The van der Waals surface area contributed by atoms with Crippen LogP contribution in [0.5, 0.6) is 0 Å². The van der Waals surface area contributed by atoms with Crippen molar-refractivity contribution in [3.8, 4) is 0 Å². The van der Waals surface area contributed by atoms with Crippen molar-refractivity contribution in [3.63, 3.8) is 0 Å². The minimum atomic E-state index is -0.191. The van der Waals surface area contributed by atoms with Crippen LogP contribution in [0.3, 0.4) is 0 Å². The van der Waals surface area contributed by atoms with Crippen LogP contribution in [-0.4, -0.2) is 9.55 Å². The molecule has 1 aromatic carbocycles. The van der Waals surface area contributed by atoms with Gasteiger partial charge >= 0.3 is 5.69 Å². The molecule has 0 amide bonds. The molecule has 0 aliphatic rings. The van der Waals surface area contributed by atoms with Crippen molar-refractivity contribution < 1.29 is 0 Å². The molecular formula is C12H14N2O. The van der Waals surface area contributed by atoms with Gasteiger partial charge in [-0.3, -0.25) is 4.57 Å². The molecule has 1 heterocycles. The maximum absolute atomic E-state index is 11.5. The second-order valence-corrected chi connectivity index (χ2v) is 3.99. The predicted octanol–water partition coefficient (Wildman–Crippen LogP) is 1.86. The molecule has 78 valence electrons. The highest BCUT2D eigenvalue weighted by Crippen LogP contribution is 2.19. The normalized spacial score (nSPS) is 10.9. The highest BCUT2D eigenvalue weighted by molar-refractivity contribution is 5.82.